The number of nitrogens with one attached hydrogen (secondary N) is 1. The fourth-order valence-corrected chi connectivity index (χ4v) is 3.70. The molecule has 1 fully saturated rings. The molecule has 1 saturated heterocycles. The number of urea groups is 1. The summed E-state index contributed by atoms with van der Waals surface area (Å²) < 4.78 is 16.4. The second kappa shape index (κ2) is 11.0. The van der Waals surface area contributed by atoms with Crippen LogP contribution >= 0.6 is 11.6 Å². The molecule has 1 heterocycles. The van der Waals surface area contributed by atoms with Crippen molar-refractivity contribution < 1.29 is 33.4 Å². The van der Waals surface area contributed by atoms with Gasteiger partial charge in [-0.05, 0) is 67.1 Å². The minimum Gasteiger partial charge on any atom is -0.495 e. The average molecular weight is 521 g/mol. The maximum atomic E-state index is 13.2. The molecular formula is C27H21ClN2O7. The van der Waals surface area contributed by atoms with Gasteiger partial charge in [-0.25, -0.2) is 14.5 Å². The van der Waals surface area contributed by atoms with Crippen molar-refractivity contribution in [3.8, 4) is 17.2 Å². The molecule has 0 unspecified atom stereocenters. The lowest BCUT2D eigenvalue weighted by Gasteiger charge is -2.27. The Morgan fingerprint density at radius 1 is 0.973 bits per heavy atom. The molecule has 4 rings (SSSR count). The van der Waals surface area contributed by atoms with Gasteiger partial charge in [0, 0.05) is 5.02 Å². The third kappa shape index (κ3) is 5.46. The highest BCUT2D eigenvalue weighted by atomic mass is 35.5. The SMILES string of the molecule is CCOc1cc(/C=C2\C(=O)NC(=O)N(c3ccccc3OC)C2=O)ccc1OC(=O)c1ccc(Cl)cc1. The number of esters is 1. The second-order valence-corrected chi connectivity index (χ2v) is 8.10. The molecule has 0 saturated carbocycles. The Morgan fingerprint density at radius 3 is 2.41 bits per heavy atom. The number of halogens is 1. The minimum absolute atomic E-state index is 0.147. The summed E-state index contributed by atoms with van der Waals surface area (Å²) in [5.74, 6) is -1.64. The number of imide groups is 2. The maximum absolute atomic E-state index is 13.2. The number of carbonyl (C=O) groups is 4. The first-order chi connectivity index (χ1) is 17.8. The number of methoxy groups -OCH3 is 1. The molecule has 0 aliphatic carbocycles. The van der Waals surface area contributed by atoms with Crippen LogP contribution in [-0.2, 0) is 9.59 Å². The van der Waals surface area contributed by atoms with E-state index in [1.165, 1.54) is 43.5 Å². The summed E-state index contributed by atoms with van der Waals surface area (Å²) in [6.07, 6.45) is 1.32. The quantitative estimate of drug-likeness (QED) is 0.209. The van der Waals surface area contributed by atoms with Crippen LogP contribution in [0.2, 0.25) is 5.02 Å². The number of carbonyl (C=O) groups excluding carboxylic acids is 4. The van der Waals surface area contributed by atoms with E-state index in [4.69, 9.17) is 25.8 Å². The summed E-state index contributed by atoms with van der Waals surface area (Å²) >= 11 is 5.87. The Morgan fingerprint density at radius 2 is 1.70 bits per heavy atom. The van der Waals surface area contributed by atoms with Gasteiger partial charge in [-0.15, -0.1) is 0 Å². The van der Waals surface area contributed by atoms with Crippen molar-refractivity contribution >= 4 is 47.2 Å². The Hall–Kier alpha value is -4.63. The summed E-state index contributed by atoms with van der Waals surface area (Å²) in [5.41, 5.74) is 0.607. The number of para-hydroxylation sites is 2. The number of nitrogens with zero attached hydrogens (tertiary/aromatic N) is 1. The molecule has 3 aromatic rings. The van der Waals surface area contributed by atoms with E-state index < -0.39 is 23.8 Å². The van der Waals surface area contributed by atoms with Crippen LogP contribution in [0.25, 0.3) is 6.08 Å². The lowest BCUT2D eigenvalue weighted by molar-refractivity contribution is -0.122. The molecule has 4 amide bonds. The van der Waals surface area contributed by atoms with Crippen LogP contribution in [0.3, 0.4) is 0 Å². The summed E-state index contributed by atoms with van der Waals surface area (Å²) in [6.45, 7) is 2.02. The molecular weight excluding hydrogens is 500 g/mol. The molecule has 3 aromatic carbocycles. The monoisotopic (exact) mass is 520 g/mol. The molecule has 10 heteroatoms. The number of amides is 4. The fourth-order valence-electron chi connectivity index (χ4n) is 3.57. The summed E-state index contributed by atoms with van der Waals surface area (Å²) in [5, 5.41) is 2.66. The molecule has 1 aliphatic heterocycles. The van der Waals surface area contributed by atoms with Gasteiger partial charge < -0.3 is 14.2 Å². The van der Waals surface area contributed by atoms with Gasteiger partial charge >= 0.3 is 12.0 Å². The Labute approximate surface area is 217 Å². The number of rotatable bonds is 7. The number of benzene rings is 3. The van der Waals surface area contributed by atoms with Crippen molar-refractivity contribution in [2.75, 3.05) is 18.6 Å². The van der Waals surface area contributed by atoms with Crippen LogP contribution in [0.4, 0.5) is 10.5 Å². The zero-order chi connectivity index (χ0) is 26.5. The predicted molar refractivity (Wildman–Crippen MR) is 136 cm³/mol. The largest absolute Gasteiger partial charge is 0.495 e. The zero-order valence-electron chi connectivity index (χ0n) is 19.8. The molecule has 0 bridgehead atoms. The molecule has 0 radical (unpaired) electrons. The third-order valence-corrected chi connectivity index (χ3v) is 5.54. The smallest absolute Gasteiger partial charge is 0.343 e. The maximum Gasteiger partial charge on any atom is 0.343 e. The Kier molecular flexibility index (Phi) is 7.55. The fraction of sp³-hybridized carbons (Fsp3) is 0.111. The van der Waals surface area contributed by atoms with E-state index in [9.17, 15) is 19.2 Å². The first kappa shape index (κ1) is 25.5. The van der Waals surface area contributed by atoms with E-state index in [2.05, 4.69) is 5.32 Å². The van der Waals surface area contributed by atoms with E-state index in [0.717, 1.165) is 4.90 Å². The van der Waals surface area contributed by atoms with E-state index in [1.807, 2.05) is 0 Å². The van der Waals surface area contributed by atoms with Crippen LogP contribution in [-0.4, -0.2) is 37.5 Å². The molecule has 188 valence electrons. The van der Waals surface area contributed by atoms with Crippen LogP contribution in [0.5, 0.6) is 17.2 Å². The average Bonchev–Trinajstić information content (AvgIpc) is 2.88. The van der Waals surface area contributed by atoms with E-state index in [-0.39, 0.29) is 35.1 Å². The van der Waals surface area contributed by atoms with Crippen LogP contribution in [0.1, 0.15) is 22.8 Å². The zero-order valence-corrected chi connectivity index (χ0v) is 20.6. The van der Waals surface area contributed by atoms with Gasteiger partial charge in [0.25, 0.3) is 11.8 Å². The number of hydrogen-bond donors (Lipinski definition) is 1. The Bertz CT molecular complexity index is 1420. The van der Waals surface area contributed by atoms with Crippen LogP contribution < -0.4 is 24.4 Å². The molecule has 0 aromatic heterocycles. The number of barbiturate groups is 1. The molecule has 0 spiro atoms. The molecule has 9 nitrogen and oxygen atoms in total. The van der Waals surface area contributed by atoms with Gasteiger partial charge in [0.15, 0.2) is 11.5 Å². The number of ether oxygens (including phenoxy) is 3. The predicted octanol–water partition coefficient (Wildman–Crippen LogP) is 4.63. The lowest BCUT2D eigenvalue weighted by Crippen LogP contribution is -2.54. The van der Waals surface area contributed by atoms with E-state index in [1.54, 1.807) is 43.3 Å². The third-order valence-electron chi connectivity index (χ3n) is 5.29. The van der Waals surface area contributed by atoms with Crippen molar-refractivity contribution in [3.63, 3.8) is 0 Å². The highest BCUT2D eigenvalue weighted by molar-refractivity contribution is 6.39. The van der Waals surface area contributed by atoms with Crippen LogP contribution in [0.15, 0.2) is 72.3 Å². The summed E-state index contributed by atoms with van der Waals surface area (Å²) in [4.78, 5) is 51.7. The summed E-state index contributed by atoms with van der Waals surface area (Å²) in [6, 6.07) is 16.3. The van der Waals surface area contributed by atoms with Gasteiger partial charge in [-0.3, -0.25) is 14.9 Å². The highest BCUT2D eigenvalue weighted by Crippen LogP contribution is 2.33. The second-order valence-electron chi connectivity index (χ2n) is 7.67. The van der Waals surface area contributed by atoms with E-state index >= 15 is 0 Å². The molecule has 1 aliphatic rings. The highest BCUT2D eigenvalue weighted by Gasteiger charge is 2.38. The standard InChI is InChI=1S/C27H21ClN2O7/c1-3-36-23-15-16(8-13-22(23)37-26(33)17-9-11-18(28)12-10-17)14-19-24(31)29-27(34)30(25(19)32)20-6-4-5-7-21(20)35-2/h4-15H,3H2,1-2H3,(H,29,31,34)/b19-14+. The summed E-state index contributed by atoms with van der Waals surface area (Å²) in [7, 11) is 1.41. The first-order valence-corrected chi connectivity index (χ1v) is 11.5. The van der Waals surface area contributed by atoms with Gasteiger partial charge in [0.1, 0.15) is 11.3 Å². The molecule has 1 N–H and O–H groups in total. The van der Waals surface area contributed by atoms with Crippen molar-refractivity contribution in [1.82, 2.24) is 5.32 Å². The first-order valence-electron chi connectivity index (χ1n) is 11.1. The van der Waals surface area contributed by atoms with Crippen molar-refractivity contribution in [3.05, 3.63) is 88.5 Å². The normalized spacial score (nSPS) is 14.4. The van der Waals surface area contributed by atoms with Gasteiger partial charge in [0.2, 0.25) is 0 Å². The van der Waals surface area contributed by atoms with Crippen LogP contribution in [0, 0.1) is 0 Å². The van der Waals surface area contributed by atoms with E-state index in [0.29, 0.717) is 16.1 Å². The van der Waals surface area contributed by atoms with Gasteiger partial charge in [-0.2, -0.15) is 0 Å². The number of anilines is 1. The minimum atomic E-state index is -0.892. The van der Waals surface area contributed by atoms with Gasteiger partial charge in [0.05, 0.1) is 25.0 Å². The molecule has 37 heavy (non-hydrogen) atoms. The topological polar surface area (TPSA) is 111 Å². The van der Waals surface area contributed by atoms with Crippen molar-refractivity contribution in [2.24, 2.45) is 0 Å². The van der Waals surface area contributed by atoms with Crippen molar-refractivity contribution in [1.29, 1.82) is 0 Å². The molecule has 0 atom stereocenters. The number of hydrogen-bond acceptors (Lipinski definition) is 7. The lowest BCUT2D eigenvalue weighted by atomic mass is 10.1. The van der Waals surface area contributed by atoms with Crippen molar-refractivity contribution in [2.45, 2.75) is 6.92 Å². The van der Waals surface area contributed by atoms with Gasteiger partial charge in [-0.1, -0.05) is 29.8 Å². The Balaban J connectivity index is 1.65.